The molecule has 0 saturated heterocycles. The van der Waals surface area contributed by atoms with E-state index in [1.165, 1.54) is 4.90 Å². The summed E-state index contributed by atoms with van der Waals surface area (Å²) in [6.45, 7) is 3.37. The number of para-hydroxylation sites is 1. The van der Waals surface area contributed by atoms with Gasteiger partial charge in [-0.2, -0.15) is 0 Å². The predicted octanol–water partition coefficient (Wildman–Crippen LogP) is 3.30. The van der Waals surface area contributed by atoms with Crippen LogP contribution in [0.5, 0.6) is 5.75 Å². The highest BCUT2D eigenvalue weighted by Gasteiger charge is 2.19. The molecule has 0 atom stereocenters. The molecule has 8 nitrogen and oxygen atoms in total. The summed E-state index contributed by atoms with van der Waals surface area (Å²) in [6.07, 6.45) is 0.620. The van der Waals surface area contributed by atoms with Crippen LogP contribution < -0.4 is 10.1 Å². The van der Waals surface area contributed by atoms with Gasteiger partial charge in [0, 0.05) is 18.3 Å². The zero-order valence-corrected chi connectivity index (χ0v) is 16.2. The molecule has 0 aliphatic carbocycles. The van der Waals surface area contributed by atoms with Crippen LogP contribution in [0.15, 0.2) is 42.5 Å². The van der Waals surface area contributed by atoms with Crippen LogP contribution in [0.3, 0.4) is 0 Å². The maximum Gasteiger partial charge on any atom is 0.272 e. The van der Waals surface area contributed by atoms with Crippen molar-refractivity contribution in [2.75, 3.05) is 25.0 Å². The Bertz CT molecular complexity index is 903. The highest BCUT2D eigenvalue weighted by atomic mass is 19.1. The molecule has 0 aromatic heterocycles. The van der Waals surface area contributed by atoms with Crippen LogP contribution in [0.25, 0.3) is 0 Å². The third kappa shape index (κ3) is 6.27. The van der Waals surface area contributed by atoms with E-state index in [4.69, 9.17) is 4.74 Å². The second-order valence-corrected chi connectivity index (χ2v) is 6.34. The number of nitrogens with one attached hydrogen (secondary N) is 1. The van der Waals surface area contributed by atoms with Crippen molar-refractivity contribution in [2.24, 2.45) is 0 Å². The monoisotopic (exact) mass is 403 g/mol. The SMILES string of the molecule is CCCN(CC(=O)Nc1ccccc1C)C(=O)COc1ccc([N+](=O)[O-])cc1F. The van der Waals surface area contributed by atoms with Gasteiger partial charge in [-0.25, -0.2) is 4.39 Å². The number of nitro groups is 1. The maximum atomic E-state index is 13.9. The van der Waals surface area contributed by atoms with Crippen molar-refractivity contribution < 1.29 is 23.6 Å². The first kappa shape index (κ1) is 21.8. The maximum absolute atomic E-state index is 13.9. The lowest BCUT2D eigenvalue weighted by Gasteiger charge is -2.22. The molecule has 2 rings (SSSR count). The number of rotatable bonds is 9. The number of carbonyl (C=O) groups is 2. The van der Waals surface area contributed by atoms with Crippen LogP contribution in [-0.4, -0.2) is 41.3 Å². The van der Waals surface area contributed by atoms with Gasteiger partial charge in [0.2, 0.25) is 5.91 Å². The van der Waals surface area contributed by atoms with E-state index in [1.807, 2.05) is 26.0 Å². The Morgan fingerprint density at radius 3 is 2.59 bits per heavy atom. The molecule has 0 fully saturated rings. The summed E-state index contributed by atoms with van der Waals surface area (Å²) in [5, 5.41) is 13.4. The Morgan fingerprint density at radius 1 is 1.24 bits per heavy atom. The molecule has 0 radical (unpaired) electrons. The normalized spacial score (nSPS) is 10.3. The summed E-state index contributed by atoms with van der Waals surface area (Å²) < 4.78 is 19.0. The quantitative estimate of drug-likeness (QED) is 0.511. The third-order valence-corrected chi connectivity index (χ3v) is 4.08. The summed E-state index contributed by atoms with van der Waals surface area (Å²) in [7, 11) is 0. The number of amides is 2. The lowest BCUT2D eigenvalue weighted by molar-refractivity contribution is -0.385. The minimum atomic E-state index is -0.939. The summed E-state index contributed by atoms with van der Waals surface area (Å²) >= 11 is 0. The largest absolute Gasteiger partial charge is 0.481 e. The molecule has 9 heteroatoms. The smallest absolute Gasteiger partial charge is 0.272 e. The highest BCUT2D eigenvalue weighted by molar-refractivity contribution is 5.95. The molecule has 154 valence electrons. The summed E-state index contributed by atoms with van der Waals surface area (Å²) in [4.78, 5) is 36.0. The van der Waals surface area contributed by atoms with Gasteiger partial charge < -0.3 is 15.0 Å². The molecule has 0 aliphatic heterocycles. The van der Waals surface area contributed by atoms with Gasteiger partial charge in [0.05, 0.1) is 17.5 Å². The first-order valence-electron chi connectivity index (χ1n) is 9.01. The van der Waals surface area contributed by atoms with Gasteiger partial charge in [0.15, 0.2) is 18.2 Å². The van der Waals surface area contributed by atoms with Crippen LogP contribution >= 0.6 is 0 Å². The van der Waals surface area contributed by atoms with Gasteiger partial charge in [-0.1, -0.05) is 25.1 Å². The molecule has 0 aliphatic rings. The van der Waals surface area contributed by atoms with Gasteiger partial charge >= 0.3 is 0 Å². The second kappa shape index (κ2) is 10.2. The van der Waals surface area contributed by atoms with Crippen LogP contribution in [0, 0.1) is 22.9 Å². The average Bonchev–Trinajstić information content (AvgIpc) is 2.68. The van der Waals surface area contributed by atoms with Gasteiger partial charge in [0.25, 0.3) is 11.6 Å². The van der Waals surface area contributed by atoms with E-state index in [0.29, 0.717) is 18.7 Å². The molecule has 0 bridgehead atoms. The van der Waals surface area contributed by atoms with Crippen LogP contribution in [0.2, 0.25) is 0 Å². The zero-order chi connectivity index (χ0) is 21.4. The Balaban J connectivity index is 1.97. The molecule has 0 unspecified atom stereocenters. The number of ether oxygens (including phenoxy) is 1. The average molecular weight is 403 g/mol. The first-order chi connectivity index (χ1) is 13.8. The van der Waals surface area contributed by atoms with E-state index in [-0.39, 0.29) is 18.2 Å². The van der Waals surface area contributed by atoms with Crippen LogP contribution in [-0.2, 0) is 9.59 Å². The van der Waals surface area contributed by atoms with E-state index in [9.17, 15) is 24.1 Å². The van der Waals surface area contributed by atoms with Crippen molar-refractivity contribution in [1.29, 1.82) is 0 Å². The number of anilines is 1. The van der Waals surface area contributed by atoms with Crippen molar-refractivity contribution in [3.05, 3.63) is 64.0 Å². The number of carbonyl (C=O) groups excluding carboxylic acids is 2. The molecule has 29 heavy (non-hydrogen) atoms. The molecular weight excluding hydrogens is 381 g/mol. The number of hydrogen-bond acceptors (Lipinski definition) is 5. The number of nitrogens with zero attached hydrogens (tertiary/aromatic N) is 2. The molecule has 1 N–H and O–H groups in total. The molecule has 0 saturated carbocycles. The standard InChI is InChI=1S/C20H22FN3O5/c1-3-10-23(12-19(25)22-17-7-5-4-6-14(17)2)20(26)13-29-18-9-8-15(24(27)28)11-16(18)21/h4-9,11H,3,10,12-13H2,1-2H3,(H,22,25). The summed E-state index contributed by atoms with van der Waals surface area (Å²) in [5.41, 5.74) is 1.14. The first-order valence-corrected chi connectivity index (χ1v) is 9.01. The molecule has 2 aromatic rings. The highest BCUT2D eigenvalue weighted by Crippen LogP contribution is 2.22. The number of benzene rings is 2. The number of aryl methyl sites for hydroxylation is 1. The topological polar surface area (TPSA) is 102 Å². The van der Waals surface area contributed by atoms with Gasteiger partial charge in [-0.05, 0) is 31.0 Å². The van der Waals surface area contributed by atoms with Crippen molar-refractivity contribution in [2.45, 2.75) is 20.3 Å². The minimum absolute atomic E-state index is 0.174. The zero-order valence-electron chi connectivity index (χ0n) is 16.2. The Labute approximate surface area is 167 Å². The Kier molecular flexibility index (Phi) is 7.64. The third-order valence-electron chi connectivity index (χ3n) is 4.08. The fourth-order valence-corrected chi connectivity index (χ4v) is 2.59. The molecule has 2 aromatic carbocycles. The number of hydrogen-bond donors (Lipinski definition) is 1. The fraction of sp³-hybridized carbons (Fsp3) is 0.300. The van der Waals surface area contributed by atoms with E-state index in [1.54, 1.807) is 12.1 Å². The molecule has 0 heterocycles. The van der Waals surface area contributed by atoms with E-state index >= 15 is 0 Å². The van der Waals surface area contributed by atoms with Crippen molar-refractivity contribution in [1.82, 2.24) is 4.90 Å². The second-order valence-electron chi connectivity index (χ2n) is 6.34. The summed E-state index contributed by atoms with van der Waals surface area (Å²) in [5.74, 6) is -2.07. The number of nitro benzene ring substituents is 1. The van der Waals surface area contributed by atoms with E-state index in [2.05, 4.69) is 5.32 Å². The van der Waals surface area contributed by atoms with Crippen LogP contribution in [0.1, 0.15) is 18.9 Å². The summed E-state index contributed by atoms with van der Waals surface area (Å²) in [6, 6.07) is 10.2. The fourth-order valence-electron chi connectivity index (χ4n) is 2.59. The van der Waals surface area contributed by atoms with Gasteiger partial charge in [0.1, 0.15) is 0 Å². The van der Waals surface area contributed by atoms with Crippen LogP contribution in [0.4, 0.5) is 15.8 Å². The molecule has 0 spiro atoms. The lowest BCUT2D eigenvalue weighted by Crippen LogP contribution is -2.41. The van der Waals surface area contributed by atoms with Crippen molar-refractivity contribution in [3.63, 3.8) is 0 Å². The van der Waals surface area contributed by atoms with E-state index in [0.717, 1.165) is 23.8 Å². The lowest BCUT2D eigenvalue weighted by atomic mass is 10.2. The predicted molar refractivity (Wildman–Crippen MR) is 105 cm³/mol. The van der Waals surface area contributed by atoms with Crippen molar-refractivity contribution >= 4 is 23.2 Å². The van der Waals surface area contributed by atoms with Crippen molar-refractivity contribution in [3.8, 4) is 5.75 Å². The van der Waals surface area contributed by atoms with Gasteiger partial charge in [-0.3, -0.25) is 19.7 Å². The Morgan fingerprint density at radius 2 is 1.97 bits per heavy atom. The number of halogens is 1. The number of non-ortho nitro benzene ring substituents is 1. The molecular formula is C20H22FN3O5. The molecule has 2 amide bonds. The Hall–Kier alpha value is -3.49. The van der Waals surface area contributed by atoms with Gasteiger partial charge in [-0.15, -0.1) is 0 Å². The van der Waals surface area contributed by atoms with E-state index < -0.39 is 28.9 Å². The minimum Gasteiger partial charge on any atom is -0.481 e.